The first kappa shape index (κ1) is 15.8. The minimum atomic E-state index is -0.0236. The van der Waals surface area contributed by atoms with Crippen molar-refractivity contribution < 1.29 is 4.79 Å². The maximum Gasteiger partial charge on any atom is 0.254 e. The smallest absolute Gasteiger partial charge is 0.254 e. The Hall–Kier alpha value is -1.62. The molecule has 1 aliphatic rings. The molecule has 0 bridgehead atoms. The molecule has 2 rings (SSSR count). The van der Waals surface area contributed by atoms with Crippen molar-refractivity contribution in [1.82, 2.24) is 9.88 Å². The largest absolute Gasteiger partial charge is 0.370 e. The van der Waals surface area contributed by atoms with Crippen molar-refractivity contribution >= 4 is 11.7 Å². The molecule has 1 heterocycles. The maximum atomic E-state index is 11.8. The molecule has 2 unspecified atom stereocenters. The number of nitrogens with zero attached hydrogens (tertiary/aromatic N) is 2. The summed E-state index contributed by atoms with van der Waals surface area (Å²) in [7, 11) is 3.48. The summed E-state index contributed by atoms with van der Waals surface area (Å²) in [6, 6.07) is 3.69. The third-order valence-electron chi connectivity index (χ3n) is 4.33. The van der Waals surface area contributed by atoms with Crippen LogP contribution in [-0.2, 0) is 0 Å². The molecule has 116 valence electrons. The van der Waals surface area contributed by atoms with Crippen LogP contribution in [0.25, 0.3) is 0 Å². The van der Waals surface area contributed by atoms with E-state index in [-0.39, 0.29) is 5.91 Å². The molecule has 2 atom stereocenters. The normalized spacial score (nSPS) is 21.9. The molecule has 5 nitrogen and oxygen atoms in total. The van der Waals surface area contributed by atoms with Gasteiger partial charge in [0.05, 0.1) is 5.56 Å². The van der Waals surface area contributed by atoms with Gasteiger partial charge in [-0.2, -0.15) is 0 Å². The maximum absolute atomic E-state index is 11.8. The fourth-order valence-electron chi connectivity index (χ4n) is 2.98. The average molecular weight is 290 g/mol. The second-order valence-corrected chi connectivity index (χ2v) is 6.05. The van der Waals surface area contributed by atoms with Crippen molar-refractivity contribution in [3.8, 4) is 0 Å². The highest BCUT2D eigenvalue weighted by molar-refractivity contribution is 5.93. The van der Waals surface area contributed by atoms with Gasteiger partial charge in [0.25, 0.3) is 5.91 Å². The molecule has 0 aromatic carbocycles. The standard InChI is InChI=1S/C16H26N4O/c1-20(2)16(21)14-7-8-15(19-11-14)18-10-13-6-4-3-5-12(13)9-17/h7-8,11-13H,3-6,9-10,17H2,1-2H3,(H,18,19). The number of amides is 1. The zero-order valence-electron chi connectivity index (χ0n) is 13.0. The van der Waals surface area contributed by atoms with Crippen molar-refractivity contribution in [2.45, 2.75) is 25.7 Å². The number of hydrogen-bond acceptors (Lipinski definition) is 4. The van der Waals surface area contributed by atoms with Crippen LogP contribution in [-0.4, -0.2) is 43.0 Å². The van der Waals surface area contributed by atoms with Crippen LogP contribution in [0.2, 0.25) is 0 Å². The first-order valence-electron chi connectivity index (χ1n) is 7.73. The molecule has 0 saturated heterocycles. The molecule has 1 saturated carbocycles. The van der Waals surface area contributed by atoms with Gasteiger partial charge in [-0.15, -0.1) is 0 Å². The number of pyridine rings is 1. The van der Waals surface area contributed by atoms with Crippen LogP contribution >= 0.6 is 0 Å². The predicted molar refractivity (Wildman–Crippen MR) is 85.2 cm³/mol. The number of aromatic nitrogens is 1. The number of hydrogen-bond donors (Lipinski definition) is 2. The van der Waals surface area contributed by atoms with E-state index in [2.05, 4.69) is 10.3 Å². The Kier molecular flexibility index (Phi) is 5.56. The number of carbonyl (C=O) groups is 1. The zero-order chi connectivity index (χ0) is 15.2. The Balaban J connectivity index is 1.90. The van der Waals surface area contributed by atoms with Gasteiger partial charge in [0.15, 0.2) is 0 Å². The van der Waals surface area contributed by atoms with Gasteiger partial charge in [-0.3, -0.25) is 4.79 Å². The lowest BCUT2D eigenvalue weighted by Crippen LogP contribution is -2.31. The quantitative estimate of drug-likeness (QED) is 0.869. The summed E-state index contributed by atoms with van der Waals surface area (Å²) in [5, 5.41) is 3.38. The van der Waals surface area contributed by atoms with Crippen LogP contribution in [0.1, 0.15) is 36.0 Å². The van der Waals surface area contributed by atoms with Crippen molar-refractivity contribution in [2.75, 3.05) is 32.5 Å². The van der Waals surface area contributed by atoms with Gasteiger partial charge in [-0.25, -0.2) is 4.98 Å². The number of nitrogens with two attached hydrogens (primary N) is 1. The molecule has 0 radical (unpaired) electrons. The van der Waals surface area contributed by atoms with Gasteiger partial charge in [0.1, 0.15) is 5.82 Å². The van der Waals surface area contributed by atoms with E-state index in [1.165, 1.54) is 25.7 Å². The molecule has 1 fully saturated rings. The molecule has 0 aliphatic heterocycles. The molecule has 5 heteroatoms. The second-order valence-electron chi connectivity index (χ2n) is 6.05. The summed E-state index contributed by atoms with van der Waals surface area (Å²) in [5.41, 5.74) is 6.47. The summed E-state index contributed by atoms with van der Waals surface area (Å²) >= 11 is 0. The van der Waals surface area contributed by atoms with E-state index in [9.17, 15) is 4.79 Å². The number of carbonyl (C=O) groups excluding carboxylic acids is 1. The third-order valence-corrected chi connectivity index (χ3v) is 4.33. The summed E-state index contributed by atoms with van der Waals surface area (Å²) in [5.74, 6) is 2.06. The van der Waals surface area contributed by atoms with E-state index < -0.39 is 0 Å². The fourth-order valence-corrected chi connectivity index (χ4v) is 2.98. The molecule has 0 spiro atoms. The lowest BCUT2D eigenvalue weighted by atomic mass is 9.79. The van der Waals surface area contributed by atoms with Crippen LogP contribution in [0, 0.1) is 11.8 Å². The van der Waals surface area contributed by atoms with Crippen LogP contribution in [0.5, 0.6) is 0 Å². The van der Waals surface area contributed by atoms with E-state index in [0.717, 1.165) is 18.9 Å². The Morgan fingerprint density at radius 2 is 2.05 bits per heavy atom. The monoisotopic (exact) mass is 290 g/mol. The number of anilines is 1. The SMILES string of the molecule is CN(C)C(=O)c1ccc(NCC2CCCCC2CN)nc1. The molecular weight excluding hydrogens is 264 g/mol. The molecule has 1 aromatic heterocycles. The molecule has 21 heavy (non-hydrogen) atoms. The molecule has 3 N–H and O–H groups in total. The minimum absolute atomic E-state index is 0.0236. The summed E-state index contributed by atoms with van der Waals surface area (Å²) in [6.07, 6.45) is 6.72. The van der Waals surface area contributed by atoms with Crippen LogP contribution in [0.3, 0.4) is 0 Å². The van der Waals surface area contributed by atoms with Gasteiger partial charge < -0.3 is 16.0 Å². The van der Waals surface area contributed by atoms with Crippen molar-refractivity contribution in [2.24, 2.45) is 17.6 Å². The Bertz CT molecular complexity index is 458. The Morgan fingerprint density at radius 3 is 2.62 bits per heavy atom. The average Bonchev–Trinajstić information content (AvgIpc) is 2.52. The molecular formula is C16H26N4O. The Labute approximate surface area is 126 Å². The van der Waals surface area contributed by atoms with Crippen LogP contribution in [0.15, 0.2) is 18.3 Å². The third kappa shape index (κ3) is 4.17. The predicted octanol–water partition coefficient (Wildman–Crippen LogP) is 1.96. The van der Waals surface area contributed by atoms with Gasteiger partial charge in [-0.05, 0) is 43.4 Å². The lowest BCUT2D eigenvalue weighted by Gasteiger charge is -2.30. The molecule has 1 aliphatic carbocycles. The highest BCUT2D eigenvalue weighted by Gasteiger charge is 2.23. The van der Waals surface area contributed by atoms with Gasteiger partial charge >= 0.3 is 0 Å². The minimum Gasteiger partial charge on any atom is -0.370 e. The van der Waals surface area contributed by atoms with Crippen molar-refractivity contribution in [1.29, 1.82) is 0 Å². The molecule has 1 amide bonds. The fraction of sp³-hybridized carbons (Fsp3) is 0.625. The second kappa shape index (κ2) is 7.41. The number of nitrogens with one attached hydrogen (secondary N) is 1. The zero-order valence-corrected chi connectivity index (χ0v) is 13.0. The highest BCUT2D eigenvalue weighted by atomic mass is 16.2. The first-order chi connectivity index (χ1) is 10.1. The van der Waals surface area contributed by atoms with E-state index in [4.69, 9.17) is 5.73 Å². The topological polar surface area (TPSA) is 71.2 Å². The van der Waals surface area contributed by atoms with Crippen LogP contribution in [0.4, 0.5) is 5.82 Å². The highest BCUT2D eigenvalue weighted by Crippen LogP contribution is 2.29. The Morgan fingerprint density at radius 1 is 1.33 bits per heavy atom. The van der Waals surface area contributed by atoms with Gasteiger partial charge in [-0.1, -0.05) is 12.8 Å². The lowest BCUT2D eigenvalue weighted by molar-refractivity contribution is 0.0827. The van der Waals surface area contributed by atoms with Crippen molar-refractivity contribution in [3.63, 3.8) is 0 Å². The van der Waals surface area contributed by atoms with Crippen molar-refractivity contribution in [3.05, 3.63) is 23.9 Å². The van der Waals surface area contributed by atoms with E-state index in [1.54, 1.807) is 25.2 Å². The van der Waals surface area contributed by atoms with E-state index >= 15 is 0 Å². The summed E-state index contributed by atoms with van der Waals surface area (Å²) in [6.45, 7) is 1.69. The van der Waals surface area contributed by atoms with Crippen LogP contribution < -0.4 is 11.1 Å². The summed E-state index contributed by atoms with van der Waals surface area (Å²) < 4.78 is 0. The van der Waals surface area contributed by atoms with E-state index in [1.807, 2.05) is 12.1 Å². The summed E-state index contributed by atoms with van der Waals surface area (Å²) in [4.78, 5) is 17.7. The number of rotatable bonds is 5. The first-order valence-corrected chi connectivity index (χ1v) is 7.73. The molecule has 1 aromatic rings. The van der Waals surface area contributed by atoms with Gasteiger partial charge in [0, 0.05) is 26.8 Å². The van der Waals surface area contributed by atoms with Gasteiger partial charge in [0.2, 0.25) is 0 Å². The van der Waals surface area contributed by atoms with E-state index in [0.29, 0.717) is 17.4 Å².